The van der Waals surface area contributed by atoms with Crippen molar-refractivity contribution in [2.45, 2.75) is 38.8 Å². The van der Waals surface area contributed by atoms with E-state index in [1.165, 1.54) is 4.88 Å². The van der Waals surface area contributed by atoms with Gasteiger partial charge >= 0.3 is 0 Å². The van der Waals surface area contributed by atoms with E-state index in [1.54, 1.807) is 16.2 Å². The van der Waals surface area contributed by atoms with E-state index in [-0.39, 0.29) is 11.8 Å². The number of benzene rings is 3. The Labute approximate surface area is 230 Å². The zero-order chi connectivity index (χ0) is 26.1. The number of amides is 2. The van der Waals surface area contributed by atoms with Gasteiger partial charge in [0.2, 0.25) is 0 Å². The fourth-order valence-electron chi connectivity index (χ4n) is 5.16. The standard InChI is InChI=1S/C31H26ClN3O2S/c32-24-15-7-4-12-21(24)19-35-25-16-8-5-13-22(25)28(31(35)37)34-30-27(23-14-6-9-17-26(23)38-30)29(36)33-18-20-10-2-1-3-11-20/h1-5,7-8,10-13,15-16H,6,9,14,17-19H2,(H,33,36). The maximum absolute atomic E-state index is 13.8. The summed E-state index contributed by atoms with van der Waals surface area (Å²) in [4.78, 5) is 35.2. The van der Waals surface area contributed by atoms with Crippen LogP contribution >= 0.6 is 22.9 Å². The largest absolute Gasteiger partial charge is 0.348 e. The number of para-hydroxylation sites is 1. The first-order chi connectivity index (χ1) is 18.6. The molecule has 38 heavy (non-hydrogen) atoms. The summed E-state index contributed by atoms with van der Waals surface area (Å²) in [5.41, 5.74) is 5.53. The molecule has 7 heteroatoms. The van der Waals surface area contributed by atoms with E-state index < -0.39 is 0 Å². The predicted octanol–water partition coefficient (Wildman–Crippen LogP) is 6.88. The molecule has 1 aliphatic carbocycles. The number of aryl methyl sites for hydroxylation is 1. The van der Waals surface area contributed by atoms with Gasteiger partial charge in [-0.05, 0) is 54.5 Å². The van der Waals surface area contributed by atoms with Gasteiger partial charge in [0.15, 0.2) is 0 Å². The molecule has 2 aliphatic rings. The molecule has 0 radical (unpaired) electrons. The highest BCUT2D eigenvalue weighted by atomic mass is 35.5. The molecule has 3 aromatic carbocycles. The number of hydrogen-bond acceptors (Lipinski definition) is 4. The van der Waals surface area contributed by atoms with Gasteiger partial charge in [-0.15, -0.1) is 11.3 Å². The molecule has 0 unspecified atom stereocenters. The highest BCUT2D eigenvalue weighted by Crippen LogP contribution is 2.42. The lowest BCUT2D eigenvalue weighted by molar-refractivity contribution is -0.112. The third-order valence-electron chi connectivity index (χ3n) is 7.07. The van der Waals surface area contributed by atoms with Crippen LogP contribution in [0.2, 0.25) is 5.02 Å². The number of nitrogens with one attached hydrogen (secondary N) is 1. The van der Waals surface area contributed by atoms with Crippen molar-refractivity contribution < 1.29 is 9.59 Å². The highest BCUT2D eigenvalue weighted by molar-refractivity contribution is 7.16. The van der Waals surface area contributed by atoms with Crippen molar-refractivity contribution in [3.05, 3.63) is 117 Å². The summed E-state index contributed by atoms with van der Waals surface area (Å²) in [5.74, 6) is -0.326. The number of carbonyl (C=O) groups excluding carboxylic acids is 2. The number of nitrogens with zero attached hydrogens (tertiary/aromatic N) is 2. The number of thiophene rings is 1. The van der Waals surface area contributed by atoms with Gasteiger partial charge in [-0.25, -0.2) is 4.99 Å². The number of halogens is 1. The first-order valence-electron chi connectivity index (χ1n) is 12.8. The van der Waals surface area contributed by atoms with Gasteiger partial charge in [-0.1, -0.05) is 78.3 Å². The van der Waals surface area contributed by atoms with Crippen LogP contribution in [0.15, 0.2) is 83.9 Å². The lowest BCUT2D eigenvalue weighted by atomic mass is 9.95. The minimum atomic E-state index is -0.187. The van der Waals surface area contributed by atoms with Crippen molar-refractivity contribution >= 4 is 51.2 Å². The van der Waals surface area contributed by atoms with Gasteiger partial charge in [0.25, 0.3) is 11.8 Å². The number of aliphatic imine (C=N–C) groups is 1. The Morgan fingerprint density at radius 2 is 1.68 bits per heavy atom. The van der Waals surface area contributed by atoms with E-state index in [1.807, 2.05) is 78.9 Å². The maximum atomic E-state index is 13.8. The van der Waals surface area contributed by atoms with Crippen LogP contribution in [0.5, 0.6) is 0 Å². The monoisotopic (exact) mass is 539 g/mol. The second-order valence-electron chi connectivity index (χ2n) is 9.52. The summed E-state index contributed by atoms with van der Waals surface area (Å²) in [6.45, 7) is 0.785. The van der Waals surface area contributed by atoms with E-state index in [2.05, 4.69) is 5.32 Å². The minimum Gasteiger partial charge on any atom is -0.348 e. The summed E-state index contributed by atoms with van der Waals surface area (Å²) in [7, 11) is 0. The van der Waals surface area contributed by atoms with Gasteiger partial charge in [0, 0.05) is 22.0 Å². The number of fused-ring (bicyclic) bond motifs is 2. The van der Waals surface area contributed by atoms with Crippen molar-refractivity contribution in [1.82, 2.24) is 5.32 Å². The Bertz CT molecular complexity index is 1560. The number of hydrogen-bond donors (Lipinski definition) is 1. The zero-order valence-electron chi connectivity index (χ0n) is 20.7. The van der Waals surface area contributed by atoms with Gasteiger partial charge in [0.1, 0.15) is 10.7 Å². The fraction of sp³-hybridized carbons (Fsp3) is 0.194. The van der Waals surface area contributed by atoms with Crippen molar-refractivity contribution in [2.75, 3.05) is 4.90 Å². The van der Waals surface area contributed by atoms with E-state index >= 15 is 0 Å². The summed E-state index contributed by atoms with van der Waals surface area (Å²) in [5, 5.41) is 4.31. The molecule has 1 N–H and O–H groups in total. The van der Waals surface area contributed by atoms with Crippen molar-refractivity contribution in [3.63, 3.8) is 0 Å². The van der Waals surface area contributed by atoms with Crippen LogP contribution in [0, 0.1) is 0 Å². The molecule has 0 spiro atoms. The van der Waals surface area contributed by atoms with Crippen LogP contribution in [0.4, 0.5) is 10.7 Å². The molecule has 6 rings (SSSR count). The van der Waals surface area contributed by atoms with E-state index in [0.29, 0.717) is 34.4 Å². The minimum absolute atomic E-state index is 0.140. The SMILES string of the molecule is O=C(NCc1ccccc1)c1c(N=C2C(=O)N(Cc3ccccc3Cl)c3ccccc32)sc2c1CCCC2. The van der Waals surface area contributed by atoms with Gasteiger partial charge in [-0.2, -0.15) is 0 Å². The molecule has 0 saturated carbocycles. The number of anilines is 1. The van der Waals surface area contributed by atoms with E-state index in [0.717, 1.165) is 53.6 Å². The first kappa shape index (κ1) is 24.6. The van der Waals surface area contributed by atoms with Crippen molar-refractivity contribution in [3.8, 4) is 0 Å². The third-order valence-corrected chi connectivity index (χ3v) is 8.63. The normalized spacial score (nSPS) is 15.4. The van der Waals surface area contributed by atoms with Crippen molar-refractivity contribution in [1.29, 1.82) is 0 Å². The van der Waals surface area contributed by atoms with Crippen LogP contribution in [0.25, 0.3) is 0 Å². The zero-order valence-corrected chi connectivity index (χ0v) is 22.3. The van der Waals surface area contributed by atoms with Crippen LogP contribution in [-0.2, 0) is 30.7 Å². The summed E-state index contributed by atoms with van der Waals surface area (Å²) in [6.07, 6.45) is 3.94. The summed E-state index contributed by atoms with van der Waals surface area (Å²) >= 11 is 7.96. The highest BCUT2D eigenvalue weighted by Gasteiger charge is 2.35. The lowest BCUT2D eigenvalue weighted by Gasteiger charge is -2.17. The Hall–Kier alpha value is -3.74. The number of carbonyl (C=O) groups is 2. The molecule has 2 heterocycles. The Morgan fingerprint density at radius 3 is 2.53 bits per heavy atom. The van der Waals surface area contributed by atoms with Gasteiger partial charge in [-0.3, -0.25) is 9.59 Å². The molecular weight excluding hydrogens is 514 g/mol. The summed E-state index contributed by atoms with van der Waals surface area (Å²) < 4.78 is 0. The topological polar surface area (TPSA) is 61.8 Å². The van der Waals surface area contributed by atoms with Gasteiger partial charge < -0.3 is 10.2 Å². The molecule has 0 saturated heterocycles. The molecule has 1 aromatic heterocycles. The molecule has 4 aromatic rings. The molecule has 190 valence electrons. The van der Waals surface area contributed by atoms with E-state index in [4.69, 9.17) is 16.6 Å². The van der Waals surface area contributed by atoms with Crippen LogP contribution in [0.1, 0.15) is 50.3 Å². The molecular formula is C31H26ClN3O2S. The Morgan fingerprint density at radius 1 is 0.947 bits per heavy atom. The maximum Gasteiger partial charge on any atom is 0.277 e. The molecule has 0 atom stereocenters. The Kier molecular flexibility index (Phi) is 6.83. The molecule has 0 fully saturated rings. The fourth-order valence-corrected chi connectivity index (χ4v) is 6.61. The number of rotatable bonds is 6. The first-order valence-corrected chi connectivity index (χ1v) is 14.0. The van der Waals surface area contributed by atoms with E-state index in [9.17, 15) is 9.59 Å². The van der Waals surface area contributed by atoms with Crippen LogP contribution in [-0.4, -0.2) is 17.5 Å². The Balaban J connectivity index is 1.38. The molecule has 2 amide bonds. The summed E-state index contributed by atoms with van der Waals surface area (Å²) in [6, 6.07) is 25.1. The third kappa shape index (κ3) is 4.66. The molecule has 1 aliphatic heterocycles. The molecule has 0 bridgehead atoms. The second-order valence-corrected chi connectivity index (χ2v) is 11.0. The smallest absolute Gasteiger partial charge is 0.277 e. The second kappa shape index (κ2) is 10.6. The van der Waals surface area contributed by atoms with Crippen molar-refractivity contribution in [2.24, 2.45) is 4.99 Å². The van der Waals surface area contributed by atoms with Gasteiger partial charge in [0.05, 0.1) is 17.8 Å². The van der Waals surface area contributed by atoms with Crippen LogP contribution in [0.3, 0.4) is 0 Å². The average Bonchev–Trinajstić information content (AvgIpc) is 3.44. The quantitative estimate of drug-likeness (QED) is 0.290. The molecule has 5 nitrogen and oxygen atoms in total. The predicted molar refractivity (Wildman–Crippen MR) is 154 cm³/mol. The lowest BCUT2D eigenvalue weighted by Crippen LogP contribution is -2.29. The average molecular weight is 540 g/mol. The van der Waals surface area contributed by atoms with Crippen LogP contribution < -0.4 is 10.2 Å².